The summed E-state index contributed by atoms with van der Waals surface area (Å²) in [6, 6.07) is 5.98. The van der Waals surface area contributed by atoms with Gasteiger partial charge in [0.05, 0.1) is 11.4 Å². The summed E-state index contributed by atoms with van der Waals surface area (Å²) in [7, 11) is 0. The van der Waals surface area contributed by atoms with E-state index in [2.05, 4.69) is 18.9 Å². The molecule has 0 saturated carbocycles. The van der Waals surface area contributed by atoms with Crippen LogP contribution in [0.3, 0.4) is 0 Å². The van der Waals surface area contributed by atoms with Gasteiger partial charge in [0, 0.05) is 16.8 Å². The molecule has 1 aromatic heterocycles. The number of hydrogen-bond acceptors (Lipinski definition) is 2. The van der Waals surface area contributed by atoms with Crippen LogP contribution in [0.4, 0.5) is 0 Å². The number of aryl methyl sites for hydroxylation is 1. The van der Waals surface area contributed by atoms with Crippen LogP contribution in [0.15, 0.2) is 18.2 Å². The summed E-state index contributed by atoms with van der Waals surface area (Å²) in [6.45, 7) is 8.20. The second kappa shape index (κ2) is 5.35. The highest BCUT2D eigenvalue weighted by molar-refractivity contribution is 6.30. The summed E-state index contributed by atoms with van der Waals surface area (Å²) >= 11 is 6.09. The van der Waals surface area contributed by atoms with Crippen LogP contribution in [0.5, 0.6) is 0 Å². The van der Waals surface area contributed by atoms with Crippen LogP contribution in [0.2, 0.25) is 5.02 Å². The molecule has 1 aromatic carbocycles. The quantitative estimate of drug-likeness (QED) is 0.935. The highest BCUT2D eigenvalue weighted by atomic mass is 35.5. The molecule has 0 fully saturated rings. The molecule has 0 saturated heterocycles. The van der Waals surface area contributed by atoms with E-state index in [4.69, 9.17) is 17.3 Å². The zero-order chi connectivity index (χ0) is 14.2. The molecule has 2 rings (SSSR count). The van der Waals surface area contributed by atoms with Crippen molar-refractivity contribution in [3.63, 3.8) is 0 Å². The van der Waals surface area contributed by atoms with Crippen LogP contribution >= 0.6 is 11.6 Å². The highest BCUT2D eigenvalue weighted by Gasteiger charge is 2.13. The Bertz CT molecular complexity index is 600. The smallest absolute Gasteiger partial charge is 0.0682 e. The summed E-state index contributed by atoms with van der Waals surface area (Å²) in [6.07, 6.45) is 0.785. The summed E-state index contributed by atoms with van der Waals surface area (Å²) < 4.78 is 1.98. The maximum Gasteiger partial charge on any atom is 0.0682 e. The summed E-state index contributed by atoms with van der Waals surface area (Å²) in [4.78, 5) is 0. The minimum atomic E-state index is 0.0929. The van der Waals surface area contributed by atoms with Crippen LogP contribution in [0.1, 0.15) is 29.4 Å². The molecule has 0 spiro atoms. The van der Waals surface area contributed by atoms with Crippen LogP contribution in [-0.2, 0) is 6.42 Å². The largest absolute Gasteiger partial charge is 0.328 e. The lowest BCUT2D eigenvalue weighted by Crippen LogP contribution is -2.19. The van der Waals surface area contributed by atoms with E-state index >= 15 is 0 Å². The van der Waals surface area contributed by atoms with Gasteiger partial charge in [0.1, 0.15) is 0 Å². The average molecular weight is 278 g/mol. The Morgan fingerprint density at radius 3 is 2.53 bits per heavy atom. The minimum Gasteiger partial charge on any atom is -0.328 e. The van der Waals surface area contributed by atoms with Crippen molar-refractivity contribution in [2.75, 3.05) is 0 Å². The maximum atomic E-state index is 6.09. The monoisotopic (exact) mass is 277 g/mol. The molecule has 0 aliphatic rings. The van der Waals surface area contributed by atoms with Gasteiger partial charge in [0.2, 0.25) is 0 Å². The van der Waals surface area contributed by atoms with E-state index in [1.54, 1.807) is 0 Å². The predicted molar refractivity (Wildman–Crippen MR) is 80.1 cm³/mol. The third-order valence-electron chi connectivity index (χ3n) is 3.46. The van der Waals surface area contributed by atoms with Gasteiger partial charge in [-0.3, -0.25) is 0 Å². The molecular weight excluding hydrogens is 258 g/mol. The van der Waals surface area contributed by atoms with E-state index in [1.807, 2.05) is 36.7 Å². The van der Waals surface area contributed by atoms with Crippen molar-refractivity contribution in [2.24, 2.45) is 5.73 Å². The molecule has 1 unspecified atom stereocenters. The first-order valence-corrected chi connectivity index (χ1v) is 6.85. The topological polar surface area (TPSA) is 43.8 Å². The summed E-state index contributed by atoms with van der Waals surface area (Å²) in [5.74, 6) is 0. The standard InChI is InChI=1S/C15H20ClN3/c1-9(17)7-13-8-14(16)5-6-15(13)19-12(4)10(2)11(3)18-19/h5-6,8-9H,7,17H2,1-4H3. The van der Waals surface area contributed by atoms with Crippen LogP contribution in [0, 0.1) is 20.8 Å². The molecule has 0 bridgehead atoms. The number of rotatable bonds is 3. The van der Waals surface area contributed by atoms with Crippen molar-refractivity contribution < 1.29 is 0 Å². The Hall–Kier alpha value is -1.32. The second-order valence-corrected chi connectivity index (χ2v) is 5.60. The van der Waals surface area contributed by atoms with E-state index in [9.17, 15) is 0 Å². The van der Waals surface area contributed by atoms with E-state index in [-0.39, 0.29) is 6.04 Å². The first-order chi connectivity index (χ1) is 8.90. The zero-order valence-corrected chi connectivity index (χ0v) is 12.6. The Morgan fingerprint density at radius 1 is 1.32 bits per heavy atom. The maximum absolute atomic E-state index is 6.09. The molecule has 3 nitrogen and oxygen atoms in total. The van der Waals surface area contributed by atoms with Gasteiger partial charge < -0.3 is 5.73 Å². The van der Waals surface area contributed by atoms with Gasteiger partial charge in [-0.15, -0.1) is 0 Å². The number of aromatic nitrogens is 2. The fraction of sp³-hybridized carbons (Fsp3) is 0.400. The molecule has 0 aliphatic carbocycles. The molecule has 2 aromatic rings. The number of nitrogens with two attached hydrogens (primary N) is 1. The van der Waals surface area contributed by atoms with Crippen molar-refractivity contribution in [1.29, 1.82) is 0 Å². The van der Waals surface area contributed by atoms with Gasteiger partial charge in [0.25, 0.3) is 0 Å². The molecule has 2 N–H and O–H groups in total. The fourth-order valence-corrected chi connectivity index (χ4v) is 2.42. The van der Waals surface area contributed by atoms with E-state index in [1.165, 1.54) is 5.56 Å². The second-order valence-electron chi connectivity index (χ2n) is 5.16. The number of benzene rings is 1. The Balaban J connectivity index is 2.57. The van der Waals surface area contributed by atoms with Crippen molar-refractivity contribution in [3.8, 4) is 5.69 Å². The lowest BCUT2D eigenvalue weighted by Gasteiger charge is -2.13. The lowest BCUT2D eigenvalue weighted by atomic mass is 10.1. The van der Waals surface area contributed by atoms with Gasteiger partial charge in [0.15, 0.2) is 0 Å². The Kier molecular flexibility index (Phi) is 3.97. The number of halogens is 1. The molecule has 4 heteroatoms. The Labute approximate surface area is 119 Å². The molecule has 0 aliphatic heterocycles. The highest BCUT2D eigenvalue weighted by Crippen LogP contribution is 2.24. The third kappa shape index (κ3) is 2.82. The Morgan fingerprint density at radius 2 is 2.00 bits per heavy atom. The lowest BCUT2D eigenvalue weighted by molar-refractivity contribution is 0.724. The SMILES string of the molecule is Cc1nn(-c2ccc(Cl)cc2CC(C)N)c(C)c1C. The molecular formula is C15H20ClN3. The van der Waals surface area contributed by atoms with Gasteiger partial charge in [-0.2, -0.15) is 5.10 Å². The van der Waals surface area contributed by atoms with E-state index < -0.39 is 0 Å². The third-order valence-corrected chi connectivity index (χ3v) is 3.70. The molecule has 0 amide bonds. The van der Waals surface area contributed by atoms with Crippen LogP contribution in [0.25, 0.3) is 5.69 Å². The normalized spacial score (nSPS) is 12.7. The van der Waals surface area contributed by atoms with Gasteiger partial charge in [-0.25, -0.2) is 4.68 Å². The summed E-state index contributed by atoms with van der Waals surface area (Å²) in [5.41, 5.74) is 11.6. The number of nitrogens with zero attached hydrogens (tertiary/aromatic N) is 2. The molecule has 0 radical (unpaired) electrons. The first-order valence-electron chi connectivity index (χ1n) is 6.47. The zero-order valence-electron chi connectivity index (χ0n) is 11.9. The van der Waals surface area contributed by atoms with Gasteiger partial charge >= 0.3 is 0 Å². The van der Waals surface area contributed by atoms with Crippen molar-refractivity contribution in [1.82, 2.24) is 9.78 Å². The van der Waals surface area contributed by atoms with Crippen molar-refractivity contribution in [3.05, 3.63) is 45.7 Å². The average Bonchev–Trinajstić information content (AvgIpc) is 2.57. The summed E-state index contributed by atoms with van der Waals surface area (Å²) in [5, 5.41) is 5.34. The molecule has 1 atom stereocenters. The van der Waals surface area contributed by atoms with E-state index in [0.29, 0.717) is 0 Å². The van der Waals surface area contributed by atoms with Crippen molar-refractivity contribution in [2.45, 2.75) is 40.2 Å². The predicted octanol–water partition coefficient (Wildman–Crippen LogP) is 3.34. The van der Waals surface area contributed by atoms with E-state index in [0.717, 1.165) is 34.1 Å². The first kappa shape index (κ1) is 14.1. The molecule has 102 valence electrons. The minimum absolute atomic E-state index is 0.0929. The number of hydrogen-bond donors (Lipinski definition) is 1. The van der Waals surface area contributed by atoms with Gasteiger partial charge in [-0.1, -0.05) is 11.6 Å². The van der Waals surface area contributed by atoms with Crippen LogP contribution < -0.4 is 5.73 Å². The fourth-order valence-electron chi connectivity index (χ4n) is 2.23. The van der Waals surface area contributed by atoms with Crippen molar-refractivity contribution >= 4 is 11.6 Å². The molecule has 1 heterocycles. The molecule has 19 heavy (non-hydrogen) atoms. The van der Waals surface area contributed by atoms with Gasteiger partial charge in [-0.05, 0) is 63.4 Å². The van der Waals surface area contributed by atoms with Crippen LogP contribution in [-0.4, -0.2) is 15.8 Å².